The zero-order valence-corrected chi connectivity index (χ0v) is 23.9. The molecule has 1 aliphatic carbocycles. The number of amides is 2. The number of aromatic nitrogens is 1. The van der Waals surface area contributed by atoms with Gasteiger partial charge in [0.2, 0.25) is 5.91 Å². The summed E-state index contributed by atoms with van der Waals surface area (Å²) in [7, 11) is 3.77. The van der Waals surface area contributed by atoms with Gasteiger partial charge in [0, 0.05) is 29.4 Å². The molecular formula is C31H38N4O3S. The van der Waals surface area contributed by atoms with Crippen LogP contribution in [0.3, 0.4) is 0 Å². The van der Waals surface area contributed by atoms with Crippen molar-refractivity contribution in [1.29, 1.82) is 0 Å². The van der Waals surface area contributed by atoms with Crippen LogP contribution in [0, 0.1) is 0 Å². The Labute approximate surface area is 235 Å². The molecule has 1 saturated carbocycles. The molecule has 1 aliphatic heterocycles. The van der Waals surface area contributed by atoms with Crippen molar-refractivity contribution >= 4 is 28.8 Å². The first-order valence-electron chi connectivity index (χ1n) is 14.0. The summed E-state index contributed by atoms with van der Waals surface area (Å²) in [6.07, 6.45) is 6.62. The molecule has 2 aliphatic rings. The van der Waals surface area contributed by atoms with Gasteiger partial charge < -0.3 is 19.9 Å². The lowest BCUT2D eigenvalue weighted by Gasteiger charge is -2.37. The number of hydrogen-bond acceptors (Lipinski definition) is 6. The van der Waals surface area contributed by atoms with Gasteiger partial charge in [-0.15, -0.1) is 11.3 Å². The number of nitrogens with one attached hydrogen (secondary N) is 1. The van der Waals surface area contributed by atoms with Gasteiger partial charge in [-0.3, -0.25) is 9.59 Å². The van der Waals surface area contributed by atoms with E-state index in [1.165, 1.54) is 0 Å². The highest BCUT2D eigenvalue weighted by molar-refractivity contribution is 7.14. The summed E-state index contributed by atoms with van der Waals surface area (Å²) in [5.74, 6) is 0.696. The highest BCUT2D eigenvalue weighted by Crippen LogP contribution is 2.36. The fourth-order valence-corrected chi connectivity index (χ4v) is 6.06. The van der Waals surface area contributed by atoms with Crippen LogP contribution in [0.2, 0.25) is 0 Å². The number of unbranched alkanes of at least 4 members (excludes halogenated alkanes) is 1. The van der Waals surface area contributed by atoms with E-state index in [1.807, 2.05) is 47.8 Å². The number of methoxy groups -OCH3 is 1. The Morgan fingerprint density at radius 2 is 1.82 bits per heavy atom. The van der Waals surface area contributed by atoms with E-state index in [-0.39, 0.29) is 17.9 Å². The Morgan fingerprint density at radius 3 is 2.54 bits per heavy atom. The van der Waals surface area contributed by atoms with Crippen LogP contribution in [0.5, 0.6) is 5.75 Å². The van der Waals surface area contributed by atoms with Gasteiger partial charge in [-0.05, 0) is 82.6 Å². The number of nitrogens with zero attached hydrogens (tertiary/aromatic N) is 3. The normalized spacial score (nSPS) is 16.2. The number of rotatable bonds is 10. The fraction of sp³-hybridized carbons (Fsp3) is 0.452. The van der Waals surface area contributed by atoms with E-state index in [9.17, 15) is 9.59 Å². The molecule has 0 atom stereocenters. The van der Waals surface area contributed by atoms with Gasteiger partial charge in [0.05, 0.1) is 34.6 Å². The Hall–Kier alpha value is -3.23. The first kappa shape index (κ1) is 27.3. The lowest BCUT2D eigenvalue weighted by molar-refractivity contribution is -0.116. The minimum absolute atomic E-state index is 0.0423. The Kier molecular flexibility index (Phi) is 8.63. The third kappa shape index (κ3) is 6.50. The lowest BCUT2D eigenvalue weighted by atomic mass is 10.0. The van der Waals surface area contributed by atoms with E-state index in [4.69, 9.17) is 9.72 Å². The summed E-state index contributed by atoms with van der Waals surface area (Å²) >= 11 is 1.56. The third-order valence-corrected chi connectivity index (χ3v) is 8.58. The monoisotopic (exact) mass is 546 g/mol. The van der Waals surface area contributed by atoms with Gasteiger partial charge in [0.15, 0.2) is 0 Å². The summed E-state index contributed by atoms with van der Waals surface area (Å²) in [5.41, 5.74) is 3.96. The molecule has 8 heteroatoms. The van der Waals surface area contributed by atoms with Crippen molar-refractivity contribution in [3.8, 4) is 27.6 Å². The lowest BCUT2D eigenvalue weighted by Crippen LogP contribution is -2.47. The molecular weight excluding hydrogens is 508 g/mol. The van der Waals surface area contributed by atoms with Crippen LogP contribution in [-0.2, 0) is 4.79 Å². The molecule has 1 saturated heterocycles. The van der Waals surface area contributed by atoms with Gasteiger partial charge in [-0.25, -0.2) is 4.98 Å². The number of ether oxygens (including phenoxy) is 1. The second-order valence-corrected chi connectivity index (χ2v) is 11.6. The molecule has 0 radical (unpaired) electrons. The third-order valence-electron chi connectivity index (χ3n) is 7.63. The van der Waals surface area contributed by atoms with Crippen LogP contribution in [0.4, 0.5) is 5.69 Å². The van der Waals surface area contributed by atoms with Crippen LogP contribution < -0.4 is 10.1 Å². The molecule has 39 heavy (non-hydrogen) atoms. The average Bonchev–Trinajstić information content (AvgIpc) is 3.69. The molecule has 2 fully saturated rings. The minimum atomic E-state index is 0.0423. The maximum atomic E-state index is 13.8. The van der Waals surface area contributed by atoms with Gasteiger partial charge in [-0.1, -0.05) is 25.5 Å². The van der Waals surface area contributed by atoms with Crippen molar-refractivity contribution < 1.29 is 14.3 Å². The number of carbonyl (C=O) groups is 2. The second kappa shape index (κ2) is 12.3. The van der Waals surface area contributed by atoms with Crippen molar-refractivity contribution in [1.82, 2.24) is 14.8 Å². The highest BCUT2D eigenvalue weighted by atomic mass is 32.1. The number of pyridine rings is 1. The molecule has 7 nitrogen and oxygen atoms in total. The van der Waals surface area contributed by atoms with Crippen molar-refractivity contribution in [3.05, 3.63) is 53.4 Å². The molecule has 1 N–H and O–H groups in total. The largest absolute Gasteiger partial charge is 0.496 e. The van der Waals surface area contributed by atoms with Crippen molar-refractivity contribution in [2.75, 3.05) is 32.6 Å². The quantitative estimate of drug-likeness (QED) is 0.322. The molecule has 2 aromatic heterocycles. The summed E-state index contributed by atoms with van der Waals surface area (Å²) < 4.78 is 5.74. The van der Waals surface area contributed by atoms with E-state index in [0.29, 0.717) is 23.8 Å². The predicted octanol–water partition coefficient (Wildman–Crippen LogP) is 6.31. The number of anilines is 1. The van der Waals surface area contributed by atoms with Crippen molar-refractivity contribution in [2.24, 2.45) is 0 Å². The predicted molar refractivity (Wildman–Crippen MR) is 157 cm³/mol. The SMILES string of the molecule is CCCCC(=O)Nc1csc(-c2cccc(-c3ccc(C(=O)N(C4CC4)C4CCN(C)CC4)c(OC)c3)n2)c1. The first-order chi connectivity index (χ1) is 19.0. The van der Waals surface area contributed by atoms with Crippen LogP contribution in [0.1, 0.15) is 62.2 Å². The highest BCUT2D eigenvalue weighted by Gasteiger charge is 2.39. The van der Waals surface area contributed by atoms with Gasteiger partial charge in [-0.2, -0.15) is 0 Å². The minimum Gasteiger partial charge on any atom is -0.496 e. The smallest absolute Gasteiger partial charge is 0.258 e. The number of hydrogen-bond donors (Lipinski definition) is 1. The molecule has 3 aromatic rings. The Bertz CT molecular complexity index is 1310. The van der Waals surface area contributed by atoms with E-state index < -0.39 is 0 Å². The topological polar surface area (TPSA) is 74.8 Å². The van der Waals surface area contributed by atoms with Crippen molar-refractivity contribution in [3.63, 3.8) is 0 Å². The number of likely N-dealkylation sites (tertiary alicyclic amines) is 1. The van der Waals surface area contributed by atoms with Crippen LogP contribution >= 0.6 is 11.3 Å². The zero-order valence-electron chi connectivity index (χ0n) is 23.1. The summed E-state index contributed by atoms with van der Waals surface area (Å²) in [5, 5.41) is 4.93. The van der Waals surface area contributed by atoms with Gasteiger partial charge in [0.1, 0.15) is 5.75 Å². The molecule has 0 spiro atoms. The Morgan fingerprint density at radius 1 is 1.08 bits per heavy atom. The van der Waals surface area contributed by atoms with Crippen LogP contribution in [0.25, 0.3) is 21.8 Å². The summed E-state index contributed by atoms with van der Waals surface area (Å²) in [4.78, 5) is 36.3. The van der Waals surface area contributed by atoms with E-state index in [2.05, 4.69) is 29.1 Å². The molecule has 3 heterocycles. The summed E-state index contributed by atoms with van der Waals surface area (Å²) in [6.45, 7) is 4.13. The maximum absolute atomic E-state index is 13.8. The van der Waals surface area contributed by atoms with E-state index in [1.54, 1.807) is 18.4 Å². The summed E-state index contributed by atoms with van der Waals surface area (Å²) in [6, 6.07) is 14.3. The molecule has 0 unspecified atom stereocenters. The van der Waals surface area contributed by atoms with Crippen LogP contribution in [-0.4, -0.2) is 65.9 Å². The van der Waals surface area contributed by atoms with E-state index >= 15 is 0 Å². The van der Waals surface area contributed by atoms with Gasteiger partial charge >= 0.3 is 0 Å². The number of carbonyl (C=O) groups excluding carboxylic acids is 2. The number of thiophene rings is 1. The molecule has 5 rings (SSSR count). The average molecular weight is 547 g/mol. The fourth-order valence-electron chi connectivity index (χ4n) is 5.25. The second-order valence-electron chi connectivity index (χ2n) is 10.7. The van der Waals surface area contributed by atoms with Crippen LogP contribution in [0.15, 0.2) is 47.8 Å². The molecule has 2 amide bonds. The van der Waals surface area contributed by atoms with Gasteiger partial charge in [0.25, 0.3) is 5.91 Å². The maximum Gasteiger partial charge on any atom is 0.258 e. The number of piperidine rings is 1. The standard InChI is InChI=1S/C31H38N4O3S/c1-4-5-9-30(36)32-22-19-29(39-20-22)27-8-6-7-26(33-27)21-10-13-25(28(18-21)38-3)31(37)35(23-11-12-23)24-14-16-34(2)17-15-24/h6-8,10,13,18-20,23-24H,4-5,9,11-12,14-17H2,1-3H3,(H,32,36). The molecule has 1 aromatic carbocycles. The van der Waals surface area contributed by atoms with E-state index in [0.717, 1.165) is 79.1 Å². The molecule has 0 bridgehead atoms. The molecule has 206 valence electrons. The van der Waals surface area contributed by atoms with Crippen molar-refractivity contribution in [2.45, 2.75) is 64.0 Å². The number of benzene rings is 1. The zero-order chi connectivity index (χ0) is 27.4. The Balaban J connectivity index is 1.35. The first-order valence-corrected chi connectivity index (χ1v) is 14.9.